The number of hydrogen-bond acceptors (Lipinski definition) is 1. The third-order valence-electron chi connectivity index (χ3n) is 1.62. The monoisotopic (exact) mass is 193 g/mol. The van der Waals surface area contributed by atoms with Crippen LogP contribution >= 0.6 is 11.6 Å². The first-order valence-electron chi connectivity index (χ1n) is 3.82. The lowest BCUT2D eigenvalue weighted by Crippen LogP contribution is -2.03. The maximum absolute atomic E-state index is 10.3. The summed E-state index contributed by atoms with van der Waals surface area (Å²) >= 11 is 5.65. The Morgan fingerprint density at radius 3 is 3.00 bits per heavy atom. The Hall–Kier alpha value is -1.33. The summed E-state index contributed by atoms with van der Waals surface area (Å²) in [5.74, 6) is 0. The zero-order valence-electron chi connectivity index (χ0n) is 6.90. The number of benzene rings is 1. The number of carbonyl (C=O) groups excluding carboxylic acids is 1. The summed E-state index contributed by atoms with van der Waals surface area (Å²) in [6.07, 6.45) is 1.18. The molecule has 0 N–H and O–H groups in total. The molecule has 0 aliphatic carbocycles. The minimum atomic E-state index is -0.499. The second-order valence-electron chi connectivity index (χ2n) is 2.64. The van der Waals surface area contributed by atoms with Crippen molar-refractivity contribution in [3.63, 3.8) is 0 Å². The highest BCUT2D eigenvalue weighted by Crippen LogP contribution is 2.15. The van der Waals surface area contributed by atoms with Crippen LogP contribution in [0, 0.1) is 6.57 Å². The Bertz CT molecular complexity index is 343. The Labute approximate surface area is 82.0 Å². The molecule has 1 rings (SSSR count). The van der Waals surface area contributed by atoms with Crippen molar-refractivity contribution in [3.05, 3.63) is 41.2 Å². The molecule has 0 aromatic heterocycles. The van der Waals surface area contributed by atoms with Crippen molar-refractivity contribution >= 4 is 23.6 Å². The van der Waals surface area contributed by atoms with E-state index >= 15 is 0 Å². The lowest BCUT2D eigenvalue weighted by molar-refractivity contribution is -0.107. The quantitative estimate of drug-likeness (QED) is 0.411. The van der Waals surface area contributed by atoms with Gasteiger partial charge in [-0.25, -0.2) is 4.85 Å². The van der Waals surface area contributed by atoms with Crippen molar-refractivity contribution in [1.29, 1.82) is 0 Å². The molecule has 0 spiro atoms. The Kier molecular flexibility index (Phi) is 3.48. The summed E-state index contributed by atoms with van der Waals surface area (Å²) < 4.78 is 0. The number of alkyl halides is 1. The van der Waals surface area contributed by atoms with Gasteiger partial charge in [-0.15, -0.1) is 11.6 Å². The van der Waals surface area contributed by atoms with E-state index in [-0.39, 0.29) is 0 Å². The fourth-order valence-electron chi connectivity index (χ4n) is 1.03. The fourth-order valence-corrected chi connectivity index (χ4v) is 1.20. The normalized spacial score (nSPS) is 11.7. The standard InChI is InChI=1S/C10H8ClNO/c1-12-10-4-2-3-8(6-10)5-9(11)7-13/h2-4,6-7,9H,5H2. The van der Waals surface area contributed by atoms with Crippen LogP contribution in [0.25, 0.3) is 4.85 Å². The van der Waals surface area contributed by atoms with Crippen LogP contribution in [-0.4, -0.2) is 11.7 Å². The molecule has 1 aromatic carbocycles. The summed E-state index contributed by atoms with van der Waals surface area (Å²) in [7, 11) is 0. The van der Waals surface area contributed by atoms with Gasteiger partial charge in [0.15, 0.2) is 5.69 Å². The fraction of sp³-hybridized carbons (Fsp3) is 0.200. The van der Waals surface area contributed by atoms with Gasteiger partial charge in [0.1, 0.15) is 6.29 Å². The van der Waals surface area contributed by atoms with Crippen molar-refractivity contribution in [2.24, 2.45) is 0 Å². The molecule has 0 saturated heterocycles. The topological polar surface area (TPSA) is 21.4 Å². The van der Waals surface area contributed by atoms with Crippen molar-refractivity contribution in [2.45, 2.75) is 11.8 Å². The van der Waals surface area contributed by atoms with E-state index in [0.29, 0.717) is 18.4 Å². The van der Waals surface area contributed by atoms with E-state index in [2.05, 4.69) is 4.85 Å². The van der Waals surface area contributed by atoms with Crippen LogP contribution in [0.15, 0.2) is 24.3 Å². The summed E-state index contributed by atoms with van der Waals surface area (Å²) in [6, 6.07) is 7.11. The predicted octanol–water partition coefficient (Wildman–Crippen LogP) is 2.59. The summed E-state index contributed by atoms with van der Waals surface area (Å²) in [4.78, 5) is 13.6. The smallest absolute Gasteiger partial charge is 0.187 e. The Morgan fingerprint density at radius 1 is 1.62 bits per heavy atom. The minimum Gasteiger partial charge on any atom is -0.302 e. The molecule has 0 aliphatic rings. The minimum absolute atomic E-state index is 0.481. The van der Waals surface area contributed by atoms with Gasteiger partial charge in [-0.1, -0.05) is 29.8 Å². The van der Waals surface area contributed by atoms with Gasteiger partial charge in [-0.2, -0.15) is 0 Å². The summed E-state index contributed by atoms with van der Waals surface area (Å²) in [5, 5.41) is -0.499. The van der Waals surface area contributed by atoms with Gasteiger partial charge in [-0.3, -0.25) is 0 Å². The first-order valence-corrected chi connectivity index (χ1v) is 4.25. The molecule has 13 heavy (non-hydrogen) atoms. The second kappa shape index (κ2) is 4.64. The lowest BCUT2D eigenvalue weighted by atomic mass is 10.1. The van der Waals surface area contributed by atoms with Gasteiger partial charge in [0, 0.05) is 0 Å². The van der Waals surface area contributed by atoms with Crippen LogP contribution < -0.4 is 0 Å². The van der Waals surface area contributed by atoms with Crippen LogP contribution in [0.2, 0.25) is 0 Å². The first-order chi connectivity index (χ1) is 6.26. The number of carbonyl (C=O) groups is 1. The third kappa shape index (κ3) is 2.89. The van der Waals surface area contributed by atoms with Crippen molar-refractivity contribution in [2.75, 3.05) is 0 Å². The molecular formula is C10H8ClNO. The maximum Gasteiger partial charge on any atom is 0.187 e. The molecule has 0 heterocycles. The first kappa shape index (κ1) is 9.76. The Morgan fingerprint density at radius 2 is 2.38 bits per heavy atom. The third-order valence-corrected chi connectivity index (χ3v) is 1.88. The highest BCUT2D eigenvalue weighted by molar-refractivity contribution is 6.27. The van der Waals surface area contributed by atoms with Crippen molar-refractivity contribution in [1.82, 2.24) is 0 Å². The molecule has 0 fully saturated rings. The average Bonchev–Trinajstić information content (AvgIpc) is 2.18. The number of nitrogens with zero attached hydrogens (tertiary/aromatic N) is 1. The number of halogens is 1. The average molecular weight is 194 g/mol. The van der Waals surface area contributed by atoms with Gasteiger partial charge >= 0.3 is 0 Å². The van der Waals surface area contributed by atoms with Crippen LogP contribution in [0.1, 0.15) is 5.56 Å². The van der Waals surface area contributed by atoms with Gasteiger partial charge < -0.3 is 4.79 Å². The van der Waals surface area contributed by atoms with E-state index < -0.39 is 5.38 Å². The summed E-state index contributed by atoms with van der Waals surface area (Å²) in [5.41, 5.74) is 1.49. The van der Waals surface area contributed by atoms with E-state index in [0.717, 1.165) is 5.56 Å². The largest absolute Gasteiger partial charge is 0.302 e. The van der Waals surface area contributed by atoms with Gasteiger partial charge in [0.25, 0.3) is 0 Å². The molecular weight excluding hydrogens is 186 g/mol. The SMILES string of the molecule is [C-]#[N+]c1cccc(CC(Cl)C=O)c1. The van der Waals surface area contributed by atoms with Gasteiger partial charge in [0.05, 0.1) is 11.9 Å². The van der Waals surface area contributed by atoms with Gasteiger partial charge in [-0.05, 0) is 6.42 Å². The number of hydrogen-bond donors (Lipinski definition) is 0. The second-order valence-corrected chi connectivity index (χ2v) is 3.20. The van der Waals surface area contributed by atoms with Crippen LogP contribution in [0.5, 0.6) is 0 Å². The predicted molar refractivity (Wildman–Crippen MR) is 52.1 cm³/mol. The molecule has 0 radical (unpaired) electrons. The van der Waals surface area contributed by atoms with E-state index in [1.807, 2.05) is 6.07 Å². The van der Waals surface area contributed by atoms with Crippen molar-refractivity contribution in [3.8, 4) is 0 Å². The highest BCUT2D eigenvalue weighted by atomic mass is 35.5. The summed E-state index contributed by atoms with van der Waals surface area (Å²) in [6.45, 7) is 6.79. The van der Waals surface area contributed by atoms with Crippen LogP contribution in [0.4, 0.5) is 5.69 Å². The van der Waals surface area contributed by atoms with E-state index in [1.165, 1.54) is 0 Å². The molecule has 1 atom stereocenters. The number of rotatable bonds is 3. The van der Waals surface area contributed by atoms with E-state index in [9.17, 15) is 4.79 Å². The molecule has 0 aliphatic heterocycles. The molecule has 3 heteroatoms. The molecule has 2 nitrogen and oxygen atoms in total. The van der Waals surface area contributed by atoms with Crippen molar-refractivity contribution < 1.29 is 4.79 Å². The van der Waals surface area contributed by atoms with E-state index in [1.54, 1.807) is 18.2 Å². The molecule has 0 bridgehead atoms. The van der Waals surface area contributed by atoms with Crippen LogP contribution in [0.3, 0.4) is 0 Å². The molecule has 0 saturated carbocycles. The molecule has 1 unspecified atom stereocenters. The number of aldehydes is 1. The molecule has 1 aromatic rings. The lowest BCUT2D eigenvalue weighted by Gasteiger charge is -2.01. The van der Waals surface area contributed by atoms with Crippen LogP contribution in [-0.2, 0) is 11.2 Å². The highest BCUT2D eigenvalue weighted by Gasteiger charge is 2.03. The van der Waals surface area contributed by atoms with Gasteiger partial charge in [0.2, 0.25) is 0 Å². The zero-order chi connectivity index (χ0) is 9.68. The Balaban J connectivity index is 2.78. The van der Waals surface area contributed by atoms with E-state index in [4.69, 9.17) is 18.2 Å². The molecule has 66 valence electrons. The zero-order valence-corrected chi connectivity index (χ0v) is 7.66. The molecule has 0 amide bonds. The maximum atomic E-state index is 10.3.